The standard InChI is InChI=1S/C24H24FN3O2/c1-3-24(30)28(2)16-18-6-9-20(21(25)13-18)22-10-8-19(15-27-22)23(29)11-7-17-5-4-12-26-14-17/h4-6,8-10,12-15H,3,7,11,16H2,1-2H3. The number of aryl methyl sites for hydroxylation is 1. The Morgan fingerprint density at radius 3 is 2.53 bits per heavy atom. The predicted octanol–water partition coefficient (Wildman–Crippen LogP) is 4.47. The lowest BCUT2D eigenvalue weighted by Gasteiger charge is -2.16. The Morgan fingerprint density at radius 2 is 1.90 bits per heavy atom. The van der Waals surface area contributed by atoms with Crippen LogP contribution >= 0.6 is 0 Å². The molecule has 0 fully saturated rings. The van der Waals surface area contributed by atoms with Gasteiger partial charge in [0.05, 0.1) is 5.69 Å². The Morgan fingerprint density at radius 1 is 1.07 bits per heavy atom. The molecule has 0 bridgehead atoms. The molecule has 0 atom stereocenters. The van der Waals surface area contributed by atoms with Crippen LogP contribution in [-0.4, -0.2) is 33.6 Å². The Balaban J connectivity index is 1.66. The fraction of sp³-hybridized carbons (Fsp3) is 0.250. The smallest absolute Gasteiger partial charge is 0.222 e. The topological polar surface area (TPSA) is 63.2 Å². The van der Waals surface area contributed by atoms with Crippen molar-refractivity contribution >= 4 is 11.7 Å². The molecule has 2 aromatic heterocycles. The third-order valence-corrected chi connectivity index (χ3v) is 4.91. The summed E-state index contributed by atoms with van der Waals surface area (Å²) in [6.07, 6.45) is 6.31. The van der Waals surface area contributed by atoms with Crippen LogP contribution in [0.3, 0.4) is 0 Å². The molecular formula is C24H24FN3O2. The fourth-order valence-electron chi connectivity index (χ4n) is 3.16. The predicted molar refractivity (Wildman–Crippen MR) is 113 cm³/mol. The van der Waals surface area contributed by atoms with Crippen LogP contribution in [0, 0.1) is 5.82 Å². The Labute approximate surface area is 175 Å². The lowest BCUT2D eigenvalue weighted by atomic mass is 10.0. The highest BCUT2D eigenvalue weighted by Crippen LogP contribution is 2.23. The molecule has 5 nitrogen and oxygen atoms in total. The first-order chi connectivity index (χ1) is 14.5. The SMILES string of the molecule is CCC(=O)N(C)Cc1ccc(-c2ccc(C(=O)CCc3cccnc3)cn2)c(F)c1. The van der Waals surface area contributed by atoms with Crippen LogP contribution in [0.1, 0.15) is 41.3 Å². The number of halogens is 1. The van der Waals surface area contributed by atoms with Crippen LogP contribution in [0.4, 0.5) is 4.39 Å². The van der Waals surface area contributed by atoms with E-state index in [1.807, 2.05) is 12.1 Å². The molecule has 6 heteroatoms. The number of nitrogens with zero attached hydrogens (tertiary/aromatic N) is 3. The van der Waals surface area contributed by atoms with Crippen molar-refractivity contribution in [3.05, 3.63) is 83.6 Å². The van der Waals surface area contributed by atoms with E-state index in [0.29, 0.717) is 48.2 Å². The van der Waals surface area contributed by atoms with Gasteiger partial charge in [-0.3, -0.25) is 19.6 Å². The number of pyridine rings is 2. The Kier molecular flexibility index (Phi) is 7.01. The number of amides is 1. The second-order valence-electron chi connectivity index (χ2n) is 7.13. The van der Waals surface area contributed by atoms with Gasteiger partial charge in [0.25, 0.3) is 0 Å². The van der Waals surface area contributed by atoms with Crippen molar-refractivity contribution in [1.82, 2.24) is 14.9 Å². The average Bonchev–Trinajstić information content (AvgIpc) is 2.78. The molecule has 0 aliphatic heterocycles. The highest BCUT2D eigenvalue weighted by Gasteiger charge is 2.12. The van der Waals surface area contributed by atoms with Gasteiger partial charge >= 0.3 is 0 Å². The van der Waals surface area contributed by atoms with Crippen molar-refractivity contribution in [2.75, 3.05) is 7.05 Å². The summed E-state index contributed by atoms with van der Waals surface area (Å²) in [6.45, 7) is 2.14. The van der Waals surface area contributed by atoms with Gasteiger partial charge in [0.15, 0.2) is 5.78 Å². The Bertz CT molecular complexity index is 1020. The van der Waals surface area contributed by atoms with Crippen LogP contribution in [0.25, 0.3) is 11.3 Å². The second kappa shape index (κ2) is 9.87. The van der Waals surface area contributed by atoms with Crippen LogP contribution in [0.15, 0.2) is 61.1 Å². The molecule has 0 aliphatic carbocycles. The van der Waals surface area contributed by atoms with Crippen molar-refractivity contribution in [3.8, 4) is 11.3 Å². The fourth-order valence-corrected chi connectivity index (χ4v) is 3.16. The molecule has 0 saturated heterocycles. The number of hydrogen-bond donors (Lipinski definition) is 0. The maximum atomic E-state index is 14.6. The van der Waals surface area contributed by atoms with E-state index in [9.17, 15) is 14.0 Å². The molecule has 0 spiro atoms. The summed E-state index contributed by atoms with van der Waals surface area (Å²) >= 11 is 0. The maximum absolute atomic E-state index is 14.6. The van der Waals surface area contributed by atoms with Gasteiger partial charge in [0, 0.05) is 56.2 Å². The second-order valence-corrected chi connectivity index (χ2v) is 7.13. The van der Waals surface area contributed by atoms with E-state index < -0.39 is 5.82 Å². The molecule has 30 heavy (non-hydrogen) atoms. The zero-order chi connectivity index (χ0) is 21.5. The molecule has 1 aromatic carbocycles. The minimum atomic E-state index is -0.409. The summed E-state index contributed by atoms with van der Waals surface area (Å²) in [6, 6.07) is 12.0. The minimum absolute atomic E-state index is 0.00457. The number of carbonyl (C=O) groups excluding carboxylic acids is 2. The van der Waals surface area contributed by atoms with E-state index in [1.165, 1.54) is 12.3 Å². The first kappa shape index (κ1) is 21.3. The number of Topliss-reactive ketones (excluding diaryl/α,β-unsaturated/α-hetero) is 1. The van der Waals surface area contributed by atoms with Gasteiger partial charge in [0.2, 0.25) is 5.91 Å². The van der Waals surface area contributed by atoms with Gasteiger partial charge in [-0.25, -0.2) is 4.39 Å². The number of hydrogen-bond acceptors (Lipinski definition) is 4. The largest absolute Gasteiger partial charge is 0.341 e. The van der Waals surface area contributed by atoms with Gasteiger partial charge in [-0.1, -0.05) is 19.1 Å². The first-order valence-corrected chi connectivity index (χ1v) is 9.89. The van der Waals surface area contributed by atoms with Crippen molar-refractivity contribution in [1.29, 1.82) is 0 Å². The van der Waals surface area contributed by atoms with Crippen molar-refractivity contribution in [2.24, 2.45) is 0 Å². The monoisotopic (exact) mass is 405 g/mol. The molecule has 3 rings (SSSR count). The van der Waals surface area contributed by atoms with E-state index in [-0.39, 0.29) is 11.7 Å². The lowest BCUT2D eigenvalue weighted by Crippen LogP contribution is -2.25. The van der Waals surface area contributed by atoms with Crippen molar-refractivity contribution in [2.45, 2.75) is 32.7 Å². The summed E-state index contributed by atoms with van der Waals surface area (Å²) in [5.74, 6) is -0.421. The van der Waals surface area contributed by atoms with Crippen molar-refractivity contribution in [3.63, 3.8) is 0 Å². The molecule has 0 aliphatic rings. The maximum Gasteiger partial charge on any atom is 0.222 e. The summed E-state index contributed by atoms with van der Waals surface area (Å²) in [5, 5.41) is 0. The van der Waals surface area contributed by atoms with Crippen LogP contribution in [0.2, 0.25) is 0 Å². The number of aromatic nitrogens is 2. The van der Waals surface area contributed by atoms with E-state index in [0.717, 1.165) is 5.56 Å². The molecule has 3 aromatic rings. The van der Waals surface area contributed by atoms with Gasteiger partial charge in [-0.15, -0.1) is 0 Å². The molecule has 154 valence electrons. The van der Waals surface area contributed by atoms with Crippen LogP contribution in [-0.2, 0) is 17.8 Å². The molecule has 0 unspecified atom stereocenters. The van der Waals surface area contributed by atoms with Gasteiger partial charge < -0.3 is 4.90 Å². The Hall–Kier alpha value is -3.41. The van der Waals surface area contributed by atoms with E-state index in [4.69, 9.17) is 0 Å². The quantitative estimate of drug-likeness (QED) is 0.519. The van der Waals surface area contributed by atoms with Gasteiger partial charge in [0.1, 0.15) is 5.82 Å². The van der Waals surface area contributed by atoms with E-state index in [2.05, 4.69) is 9.97 Å². The third-order valence-electron chi connectivity index (χ3n) is 4.91. The number of carbonyl (C=O) groups is 2. The number of ketones is 1. The highest BCUT2D eigenvalue weighted by molar-refractivity contribution is 5.96. The van der Waals surface area contributed by atoms with Gasteiger partial charge in [-0.2, -0.15) is 0 Å². The molecule has 0 N–H and O–H groups in total. The van der Waals surface area contributed by atoms with Gasteiger partial charge in [-0.05, 0) is 47.9 Å². The molecule has 0 saturated carbocycles. The highest BCUT2D eigenvalue weighted by atomic mass is 19.1. The van der Waals surface area contributed by atoms with E-state index >= 15 is 0 Å². The van der Waals surface area contributed by atoms with Crippen molar-refractivity contribution < 1.29 is 14.0 Å². The summed E-state index contributed by atoms with van der Waals surface area (Å²) in [5.41, 5.74) is 3.03. The zero-order valence-electron chi connectivity index (χ0n) is 17.1. The molecule has 2 heterocycles. The minimum Gasteiger partial charge on any atom is -0.341 e. The summed E-state index contributed by atoms with van der Waals surface area (Å²) in [7, 11) is 1.70. The van der Waals surface area contributed by atoms with E-state index in [1.54, 1.807) is 55.5 Å². The lowest BCUT2D eigenvalue weighted by molar-refractivity contribution is -0.130. The summed E-state index contributed by atoms with van der Waals surface area (Å²) in [4.78, 5) is 34.0. The van der Waals surface area contributed by atoms with Crippen LogP contribution in [0.5, 0.6) is 0 Å². The van der Waals surface area contributed by atoms with Crippen LogP contribution < -0.4 is 0 Å². The molecular weight excluding hydrogens is 381 g/mol. The molecule has 0 radical (unpaired) electrons. The molecule has 1 amide bonds. The zero-order valence-corrected chi connectivity index (χ0v) is 17.1. The number of rotatable bonds is 8. The third kappa shape index (κ3) is 5.35. The number of benzene rings is 1. The normalized spacial score (nSPS) is 10.6. The first-order valence-electron chi connectivity index (χ1n) is 9.89. The average molecular weight is 405 g/mol. The summed E-state index contributed by atoms with van der Waals surface area (Å²) < 4.78 is 14.6.